The lowest BCUT2D eigenvalue weighted by Crippen LogP contribution is -2.31. The van der Waals surface area contributed by atoms with Crippen LogP contribution in [0.5, 0.6) is 0 Å². The molecule has 1 saturated heterocycles. The van der Waals surface area contributed by atoms with E-state index in [0.29, 0.717) is 34.8 Å². The minimum absolute atomic E-state index is 0.0585. The molecule has 0 bridgehead atoms. The molecular weight excluding hydrogens is 438 g/mol. The number of aryl methyl sites for hydroxylation is 1. The van der Waals surface area contributed by atoms with E-state index in [1.54, 1.807) is 13.0 Å². The predicted molar refractivity (Wildman–Crippen MR) is 110 cm³/mol. The lowest BCUT2D eigenvalue weighted by atomic mass is 9.99. The topological polar surface area (TPSA) is 97.2 Å². The molecule has 29 heavy (non-hydrogen) atoms. The maximum Gasteiger partial charge on any atom is 0.267 e. The largest absolute Gasteiger partial charge is 0.376 e. The number of ketones is 1. The number of nitrogens with zero attached hydrogens (tertiary/aromatic N) is 1. The third-order valence-corrected chi connectivity index (χ3v) is 5.44. The Kier molecular flexibility index (Phi) is 5.64. The van der Waals surface area contributed by atoms with Crippen LogP contribution in [-0.2, 0) is 4.74 Å². The molecule has 150 valence electrons. The quantitative estimate of drug-likeness (QED) is 0.547. The number of aromatic amines is 1. The fourth-order valence-corrected chi connectivity index (χ4v) is 3.62. The van der Waals surface area contributed by atoms with E-state index in [-0.39, 0.29) is 17.8 Å². The standard InChI is InChI=1S/C21H20BrN3O4/c1-12-18(19(25-29-12)13-4-6-15(22)7-5-13)20(26)14-9-17(23-10-14)21(27)24-11-16-3-2-8-28-16/h4-7,9-10,16,23H,2-3,8,11H2,1H3,(H,24,27). The molecule has 2 aromatic heterocycles. The van der Waals surface area contributed by atoms with Crippen molar-refractivity contribution < 1.29 is 18.8 Å². The van der Waals surface area contributed by atoms with E-state index in [4.69, 9.17) is 9.26 Å². The van der Waals surface area contributed by atoms with Crippen molar-refractivity contribution in [2.75, 3.05) is 13.2 Å². The summed E-state index contributed by atoms with van der Waals surface area (Å²) in [5.74, 6) is -0.0932. The van der Waals surface area contributed by atoms with Gasteiger partial charge in [-0.15, -0.1) is 0 Å². The van der Waals surface area contributed by atoms with Crippen LogP contribution >= 0.6 is 15.9 Å². The molecule has 1 aliphatic heterocycles. The Hall–Kier alpha value is -2.71. The second-order valence-electron chi connectivity index (χ2n) is 6.95. The van der Waals surface area contributed by atoms with Gasteiger partial charge in [0.15, 0.2) is 5.78 Å². The Morgan fingerprint density at radius 1 is 1.31 bits per heavy atom. The van der Waals surface area contributed by atoms with E-state index < -0.39 is 0 Å². The van der Waals surface area contributed by atoms with Gasteiger partial charge in [0.25, 0.3) is 5.91 Å². The lowest BCUT2D eigenvalue weighted by Gasteiger charge is -2.09. The maximum atomic E-state index is 13.1. The van der Waals surface area contributed by atoms with Crippen LogP contribution in [-0.4, -0.2) is 41.1 Å². The molecule has 3 aromatic rings. The molecule has 3 heterocycles. The van der Waals surface area contributed by atoms with Crippen LogP contribution in [0.3, 0.4) is 0 Å². The van der Waals surface area contributed by atoms with Crippen molar-refractivity contribution >= 4 is 27.6 Å². The minimum Gasteiger partial charge on any atom is -0.376 e. The Labute approximate surface area is 175 Å². The van der Waals surface area contributed by atoms with Crippen molar-refractivity contribution in [3.63, 3.8) is 0 Å². The molecule has 1 aliphatic rings. The smallest absolute Gasteiger partial charge is 0.267 e. The third-order valence-electron chi connectivity index (χ3n) is 4.91. The van der Waals surface area contributed by atoms with Gasteiger partial charge in [0, 0.05) is 34.9 Å². The monoisotopic (exact) mass is 457 g/mol. The van der Waals surface area contributed by atoms with Crippen molar-refractivity contribution in [1.82, 2.24) is 15.5 Å². The number of amides is 1. The first-order valence-electron chi connectivity index (χ1n) is 9.38. The van der Waals surface area contributed by atoms with Gasteiger partial charge in [-0.25, -0.2) is 0 Å². The Morgan fingerprint density at radius 2 is 2.10 bits per heavy atom. The van der Waals surface area contributed by atoms with Gasteiger partial charge in [-0.05, 0) is 38.0 Å². The second-order valence-corrected chi connectivity index (χ2v) is 7.86. The molecule has 1 unspecified atom stereocenters. The van der Waals surface area contributed by atoms with Crippen LogP contribution in [0.1, 0.15) is 45.0 Å². The zero-order chi connectivity index (χ0) is 20.4. The Bertz CT molecular complexity index is 1030. The van der Waals surface area contributed by atoms with E-state index in [9.17, 15) is 9.59 Å². The van der Waals surface area contributed by atoms with Crippen LogP contribution in [0.4, 0.5) is 0 Å². The van der Waals surface area contributed by atoms with Crippen molar-refractivity contribution in [2.45, 2.75) is 25.9 Å². The predicted octanol–water partition coefficient (Wildman–Crippen LogP) is 3.88. The number of rotatable bonds is 6. The highest BCUT2D eigenvalue weighted by Gasteiger charge is 2.24. The molecule has 1 amide bonds. The molecule has 2 N–H and O–H groups in total. The second kappa shape index (κ2) is 8.34. The summed E-state index contributed by atoms with van der Waals surface area (Å²) in [4.78, 5) is 28.4. The average Bonchev–Trinajstić information content (AvgIpc) is 3.47. The fourth-order valence-electron chi connectivity index (χ4n) is 3.35. The number of carbonyl (C=O) groups is 2. The van der Waals surface area contributed by atoms with Gasteiger partial charge >= 0.3 is 0 Å². The van der Waals surface area contributed by atoms with Gasteiger partial charge in [-0.3, -0.25) is 9.59 Å². The summed E-state index contributed by atoms with van der Waals surface area (Å²) < 4.78 is 11.7. The summed E-state index contributed by atoms with van der Waals surface area (Å²) in [6, 6.07) is 9.02. The summed E-state index contributed by atoms with van der Waals surface area (Å²) in [6.45, 7) is 2.89. The van der Waals surface area contributed by atoms with E-state index >= 15 is 0 Å². The number of hydrogen-bond acceptors (Lipinski definition) is 5. The maximum absolute atomic E-state index is 13.1. The normalized spacial score (nSPS) is 16.1. The van der Waals surface area contributed by atoms with Gasteiger partial charge in [-0.2, -0.15) is 0 Å². The van der Waals surface area contributed by atoms with Crippen molar-refractivity contribution in [1.29, 1.82) is 0 Å². The number of nitrogens with one attached hydrogen (secondary N) is 2. The van der Waals surface area contributed by atoms with Gasteiger partial charge in [0.1, 0.15) is 17.1 Å². The fraction of sp³-hybridized carbons (Fsp3) is 0.286. The molecular formula is C21H20BrN3O4. The zero-order valence-electron chi connectivity index (χ0n) is 15.8. The van der Waals surface area contributed by atoms with Crippen LogP contribution in [0.25, 0.3) is 11.3 Å². The summed E-state index contributed by atoms with van der Waals surface area (Å²) >= 11 is 3.40. The molecule has 0 saturated carbocycles. The number of carbonyl (C=O) groups excluding carboxylic acids is 2. The molecule has 7 nitrogen and oxygen atoms in total. The van der Waals surface area contributed by atoms with E-state index in [0.717, 1.165) is 29.5 Å². The number of benzene rings is 1. The van der Waals surface area contributed by atoms with Gasteiger partial charge in [-0.1, -0.05) is 33.2 Å². The summed E-state index contributed by atoms with van der Waals surface area (Å²) in [5, 5.41) is 6.90. The van der Waals surface area contributed by atoms with Crippen molar-refractivity contribution in [2.24, 2.45) is 0 Å². The average molecular weight is 458 g/mol. The summed E-state index contributed by atoms with van der Waals surface area (Å²) in [6.07, 6.45) is 3.55. The van der Waals surface area contributed by atoms with Crippen molar-refractivity contribution in [3.05, 3.63) is 63.6 Å². The molecule has 8 heteroatoms. The Balaban J connectivity index is 1.53. The van der Waals surface area contributed by atoms with Crippen LogP contribution < -0.4 is 5.32 Å². The van der Waals surface area contributed by atoms with Crippen LogP contribution in [0.15, 0.2) is 45.5 Å². The molecule has 1 aromatic carbocycles. The SMILES string of the molecule is Cc1onc(-c2ccc(Br)cc2)c1C(=O)c1c[nH]c(C(=O)NCC2CCCO2)c1. The molecule has 4 rings (SSSR count). The number of H-pyrrole nitrogens is 1. The van der Waals surface area contributed by atoms with E-state index in [1.807, 2.05) is 24.3 Å². The van der Waals surface area contributed by atoms with E-state index in [2.05, 4.69) is 31.4 Å². The number of aromatic nitrogens is 2. The summed E-state index contributed by atoms with van der Waals surface area (Å²) in [7, 11) is 0. The molecule has 1 fully saturated rings. The first-order chi connectivity index (χ1) is 14.0. The highest BCUT2D eigenvalue weighted by atomic mass is 79.9. The van der Waals surface area contributed by atoms with Crippen LogP contribution in [0.2, 0.25) is 0 Å². The van der Waals surface area contributed by atoms with Gasteiger partial charge in [0.2, 0.25) is 0 Å². The van der Waals surface area contributed by atoms with Gasteiger partial charge in [0.05, 0.1) is 11.7 Å². The Morgan fingerprint density at radius 3 is 2.83 bits per heavy atom. The number of hydrogen-bond donors (Lipinski definition) is 2. The number of ether oxygens (including phenoxy) is 1. The first-order valence-corrected chi connectivity index (χ1v) is 10.2. The molecule has 0 spiro atoms. The zero-order valence-corrected chi connectivity index (χ0v) is 17.4. The molecule has 0 aliphatic carbocycles. The first kappa shape index (κ1) is 19.6. The highest BCUT2D eigenvalue weighted by molar-refractivity contribution is 9.10. The van der Waals surface area contributed by atoms with Crippen molar-refractivity contribution in [3.8, 4) is 11.3 Å². The molecule has 1 atom stereocenters. The lowest BCUT2D eigenvalue weighted by molar-refractivity contribution is 0.0854. The van der Waals surface area contributed by atoms with E-state index in [1.165, 1.54) is 6.20 Å². The number of halogens is 1. The summed E-state index contributed by atoms with van der Waals surface area (Å²) in [5.41, 5.74) is 2.34. The highest BCUT2D eigenvalue weighted by Crippen LogP contribution is 2.28. The molecule has 0 radical (unpaired) electrons. The minimum atomic E-state index is -0.269. The van der Waals surface area contributed by atoms with Gasteiger partial charge < -0.3 is 19.6 Å². The van der Waals surface area contributed by atoms with Crippen LogP contribution in [0, 0.1) is 6.92 Å². The third kappa shape index (κ3) is 4.18.